The van der Waals surface area contributed by atoms with Gasteiger partial charge in [-0.3, -0.25) is 4.90 Å². The zero-order chi connectivity index (χ0) is 10.9. The first-order valence-corrected chi connectivity index (χ1v) is 7.57. The quantitative estimate of drug-likeness (QED) is 0.683. The van der Waals surface area contributed by atoms with Gasteiger partial charge in [-0.15, -0.1) is 0 Å². The van der Waals surface area contributed by atoms with E-state index in [1.54, 1.807) is 0 Å². The van der Waals surface area contributed by atoms with Crippen molar-refractivity contribution in [1.82, 2.24) is 10.2 Å². The molecule has 15 heavy (non-hydrogen) atoms. The van der Waals surface area contributed by atoms with Crippen LogP contribution in [0.15, 0.2) is 0 Å². The van der Waals surface area contributed by atoms with Gasteiger partial charge in [-0.25, -0.2) is 8.42 Å². The molecule has 0 saturated carbocycles. The number of rotatable bonds is 1. The van der Waals surface area contributed by atoms with Crippen molar-refractivity contribution in [2.45, 2.75) is 31.8 Å². The van der Waals surface area contributed by atoms with Crippen molar-refractivity contribution in [3.8, 4) is 0 Å². The molecule has 5 heteroatoms. The lowest BCUT2D eigenvalue weighted by Gasteiger charge is -2.39. The minimum atomic E-state index is -2.71. The summed E-state index contributed by atoms with van der Waals surface area (Å²) in [5.41, 5.74) is 0. The normalized spacial score (nSPS) is 34.1. The van der Waals surface area contributed by atoms with Crippen molar-refractivity contribution in [2.75, 3.05) is 31.1 Å². The first-order chi connectivity index (χ1) is 7.07. The second-order valence-corrected chi connectivity index (χ2v) is 7.04. The van der Waals surface area contributed by atoms with E-state index in [-0.39, 0.29) is 0 Å². The number of nitrogens with zero attached hydrogens (tertiary/aromatic N) is 1. The average Bonchev–Trinajstić information content (AvgIpc) is 2.17. The maximum atomic E-state index is 11.3. The van der Waals surface area contributed by atoms with Crippen molar-refractivity contribution in [3.63, 3.8) is 0 Å². The Morgan fingerprint density at radius 2 is 1.93 bits per heavy atom. The molecule has 1 atom stereocenters. The fourth-order valence-corrected chi connectivity index (χ4v) is 4.00. The van der Waals surface area contributed by atoms with Crippen LogP contribution in [0.1, 0.15) is 19.8 Å². The van der Waals surface area contributed by atoms with Crippen molar-refractivity contribution in [1.29, 1.82) is 0 Å². The zero-order valence-corrected chi connectivity index (χ0v) is 10.1. The van der Waals surface area contributed by atoms with E-state index >= 15 is 0 Å². The zero-order valence-electron chi connectivity index (χ0n) is 9.28. The Morgan fingerprint density at radius 3 is 2.53 bits per heavy atom. The molecule has 0 aromatic heterocycles. The highest BCUT2D eigenvalue weighted by Crippen LogP contribution is 2.19. The van der Waals surface area contributed by atoms with Crippen LogP contribution in [0.3, 0.4) is 0 Å². The molecule has 0 spiro atoms. The van der Waals surface area contributed by atoms with Gasteiger partial charge in [-0.05, 0) is 19.8 Å². The third kappa shape index (κ3) is 2.92. The van der Waals surface area contributed by atoms with Crippen LogP contribution in [0.5, 0.6) is 0 Å². The number of nitrogens with one attached hydrogen (secondary N) is 1. The monoisotopic (exact) mass is 232 g/mol. The Bertz CT molecular complexity index is 301. The van der Waals surface area contributed by atoms with Gasteiger partial charge >= 0.3 is 0 Å². The van der Waals surface area contributed by atoms with Crippen LogP contribution in [0.2, 0.25) is 0 Å². The van der Waals surface area contributed by atoms with Crippen LogP contribution in [-0.2, 0) is 9.84 Å². The molecule has 0 radical (unpaired) electrons. The van der Waals surface area contributed by atoms with Gasteiger partial charge in [0.15, 0.2) is 0 Å². The Labute approximate surface area is 91.9 Å². The van der Waals surface area contributed by atoms with Gasteiger partial charge in [0.2, 0.25) is 0 Å². The summed E-state index contributed by atoms with van der Waals surface area (Å²) in [5.74, 6) is 0.770. The Morgan fingerprint density at radius 1 is 1.27 bits per heavy atom. The van der Waals surface area contributed by atoms with E-state index in [0.717, 1.165) is 32.5 Å². The van der Waals surface area contributed by atoms with Gasteiger partial charge in [0.25, 0.3) is 0 Å². The highest BCUT2D eigenvalue weighted by atomic mass is 32.2. The van der Waals surface area contributed by atoms with Crippen LogP contribution in [-0.4, -0.2) is 56.5 Å². The van der Waals surface area contributed by atoms with Gasteiger partial charge in [0.05, 0.1) is 11.5 Å². The maximum Gasteiger partial charge on any atom is 0.150 e. The summed E-state index contributed by atoms with van der Waals surface area (Å²) in [7, 11) is -2.71. The van der Waals surface area contributed by atoms with E-state index in [4.69, 9.17) is 0 Å². The third-order valence-electron chi connectivity index (χ3n) is 3.44. The third-order valence-corrected chi connectivity index (χ3v) is 5.16. The van der Waals surface area contributed by atoms with Crippen LogP contribution in [0.4, 0.5) is 0 Å². The molecular weight excluding hydrogens is 212 g/mol. The van der Waals surface area contributed by atoms with Crippen molar-refractivity contribution in [3.05, 3.63) is 0 Å². The fraction of sp³-hybridized carbons (Fsp3) is 1.00. The number of hydrogen-bond donors (Lipinski definition) is 1. The van der Waals surface area contributed by atoms with Gasteiger partial charge in [0.1, 0.15) is 9.84 Å². The minimum Gasteiger partial charge on any atom is -0.312 e. The molecule has 2 fully saturated rings. The summed E-state index contributed by atoms with van der Waals surface area (Å²) in [6.45, 7) is 5.34. The lowest BCUT2D eigenvalue weighted by molar-refractivity contribution is 0.139. The molecule has 1 N–H and O–H groups in total. The molecular formula is C10H20N2O2S. The van der Waals surface area contributed by atoms with Gasteiger partial charge in [-0.1, -0.05) is 0 Å². The predicted octanol–water partition coefficient (Wildman–Crippen LogP) is -0.143. The lowest BCUT2D eigenvalue weighted by Crippen LogP contribution is -2.54. The number of sulfone groups is 1. The molecule has 88 valence electrons. The van der Waals surface area contributed by atoms with Crippen LogP contribution >= 0.6 is 0 Å². The van der Waals surface area contributed by atoms with Gasteiger partial charge < -0.3 is 5.32 Å². The van der Waals surface area contributed by atoms with E-state index in [1.807, 2.05) is 0 Å². The summed E-state index contributed by atoms with van der Waals surface area (Å²) >= 11 is 0. The van der Waals surface area contributed by atoms with Crippen molar-refractivity contribution < 1.29 is 8.42 Å². The van der Waals surface area contributed by atoms with Crippen LogP contribution in [0.25, 0.3) is 0 Å². The molecule has 0 aromatic carbocycles. The highest BCUT2D eigenvalue weighted by Gasteiger charge is 2.29. The van der Waals surface area contributed by atoms with Gasteiger partial charge in [0, 0.05) is 31.7 Å². The van der Waals surface area contributed by atoms with E-state index in [2.05, 4.69) is 17.1 Å². The lowest BCUT2D eigenvalue weighted by atomic mass is 10.1. The maximum absolute atomic E-state index is 11.3. The summed E-state index contributed by atoms with van der Waals surface area (Å²) in [6.07, 6.45) is 1.66. The molecule has 0 bridgehead atoms. The summed E-state index contributed by atoms with van der Waals surface area (Å²) in [6, 6.07) is 1.04. The Balaban J connectivity index is 1.90. The molecule has 2 aliphatic heterocycles. The Kier molecular flexibility index (Phi) is 3.33. The van der Waals surface area contributed by atoms with Crippen molar-refractivity contribution >= 4 is 9.84 Å². The molecule has 2 heterocycles. The highest BCUT2D eigenvalue weighted by molar-refractivity contribution is 7.91. The first kappa shape index (κ1) is 11.4. The summed E-state index contributed by atoms with van der Waals surface area (Å²) in [4.78, 5) is 2.45. The SMILES string of the molecule is CC1CN(C2CCS(=O)(=O)CC2)CCN1. The first-order valence-electron chi connectivity index (χ1n) is 5.75. The summed E-state index contributed by atoms with van der Waals surface area (Å²) < 4.78 is 22.6. The second-order valence-electron chi connectivity index (χ2n) is 4.73. The van der Waals surface area contributed by atoms with Crippen LogP contribution < -0.4 is 5.32 Å². The second kappa shape index (κ2) is 4.39. The minimum absolute atomic E-state index is 0.385. The predicted molar refractivity (Wildman–Crippen MR) is 60.7 cm³/mol. The number of piperazine rings is 1. The van der Waals surface area contributed by atoms with Gasteiger partial charge in [-0.2, -0.15) is 0 Å². The van der Waals surface area contributed by atoms with Crippen molar-refractivity contribution in [2.24, 2.45) is 0 Å². The average molecular weight is 232 g/mol. The molecule has 0 aromatic rings. The number of hydrogen-bond acceptors (Lipinski definition) is 4. The van der Waals surface area contributed by atoms with E-state index in [9.17, 15) is 8.42 Å². The Hall–Kier alpha value is -0.130. The standard InChI is InChI=1S/C10H20N2O2S/c1-9-8-12(5-4-11-9)10-2-6-15(13,14)7-3-10/h9-11H,2-8H2,1H3. The molecule has 2 aliphatic rings. The molecule has 1 unspecified atom stereocenters. The smallest absolute Gasteiger partial charge is 0.150 e. The fourth-order valence-electron chi connectivity index (χ4n) is 2.54. The molecule has 0 aliphatic carbocycles. The largest absolute Gasteiger partial charge is 0.312 e. The molecule has 2 rings (SSSR count). The molecule has 4 nitrogen and oxygen atoms in total. The van der Waals surface area contributed by atoms with Crippen LogP contribution in [0, 0.1) is 0 Å². The van der Waals surface area contributed by atoms with E-state index in [0.29, 0.717) is 23.6 Å². The van der Waals surface area contributed by atoms with E-state index in [1.165, 1.54) is 0 Å². The molecule has 0 amide bonds. The molecule has 2 saturated heterocycles. The van der Waals surface area contributed by atoms with E-state index < -0.39 is 9.84 Å². The summed E-state index contributed by atoms with van der Waals surface area (Å²) in [5, 5.41) is 3.41. The topological polar surface area (TPSA) is 49.4 Å².